The van der Waals surface area contributed by atoms with Crippen LogP contribution >= 0.6 is 0 Å². The van der Waals surface area contributed by atoms with Gasteiger partial charge in [-0.2, -0.15) is 0 Å². The van der Waals surface area contributed by atoms with Crippen LogP contribution in [0.25, 0.3) is 0 Å². The zero-order valence-corrected chi connectivity index (χ0v) is 22.3. The maximum absolute atomic E-state index is 2.74. The van der Waals surface area contributed by atoms with Crippen molar-refractivity contribution in [3.8, 4) is 0 Å². The van der Waals surface area contributed by atoms with E-state index >= 15 is 0 Å². The molecule has 0 aromatic rings. The molecule has 0 N–H and O–H groups in total. The normalized spacial score (nSPS) is 24.9. The van der Waals surface area contributed by atoms with E-state index in [4.69, 9.17) is 0 Å². The second-order valence-electron chi connectivity index (χ2n) is 13.2. The summed E-state index contributed by atoms with van der Waals surface area (Å²) < 4.78 is 0. The first kappa shape index (κ1) is 26.2. The van der Waals surface area contributed by atoms with Gasteiger partial charge in [0, 0.05) is 31.2 Å². The van der Waals surface area contributed by atoms with E-state index in [0.717, 1.165) is 11.8 Å². The van der Waals surface area contributed by atoms with Crippen molar-refractivity contribution in [2.45, 2.75) is 132 Å². The number of piperazine rings is 1. The fourth-order valence-corrected chi connectivity index (χ4v) is 6.66. The van der Waals surface area contributed by atoms with Crippen LogP contribution in [0.4, 0.5) is 0 Å². The largest absolute Gasteiger partial charge is 0.301 e. The maximum Gasteiger partial charge on any atom is 0.0200 e. The van der Waals surface area contributed by atoms with Crippen LogP contribution in [-0.4, -0.2) is 47.6 Å². The van der Waals surface area contributed by atoms with Gasteiger partial charge in [0.25, 0.3) is 0 Å². The van der Waals surface area contributed by atoms with E-state index in [-0.39, 0.29) is 0 Å². The highest BCUT2D eigenvalue weighted by atomic mass is 15.3. The first-order chi connectivity index (χ1) is 13.9. The zero-order valence-electron chi connectivity index (χ0n) is 22.3. The molecule has 2 atom stereocenters. The molecule has 1 saturated heterocycles. The number of rotatable bonds is 9. The maximum atomic E-state index is 2.74. The van der Waals surface area contributed by atoms with E-state index in [1.807, 2.05) is 0 Å². The molecule has 1 heterocycles. The van der Waals surface area contributed by atoms with Crippen LogP contribution in [0, 0.1) is 22.7 Å². The van der Waals surface area contributed by atoms with Crippen LogP contribution in [0.3, 0.4) is 0 Å². The van der Waals surface area contributed by atoms with Crippen molar-refractivity contribution < 1.29 is 0 Å². The molecular weight excluding hydrogens is 364 g/mol. The van der Waals surface area contributed by atoms with Gasteiger partial charge in [-0.05, 0) is 89.0 Å². The zero-order chi connectivity index (χ0) is 22.6. The Labute approximate surface area is 190 Å². The van der Waals surface area contributed by atoms with Crippen LogP contribution in [-0.2, 0) is 0 Å². The average molecular weight is 421 g/mol. The smallest absolute Gasteiger partial charge is 0.0200 e. The van der Waals surface area contributed by atoms with Gasteiger partial charge in [0.1, 0.15) is 0 Å². The Morgan fingerprint density at radius 1 is 0.867 bits per heavy atom. The lowest BCUT2D eigenvalue weighted by molar-refractivity contribution is 0.0108. The third-order valence-electron chi connectivity index (χ3n) is 9.09. The molecule has 2 rings (SSSR count). The third-order valence-corrected chi connectivity index (χ3v) is 9.09. The highest BCUT2D eigenvalue weighted by molar-refractivity contribution is 4.89. The van der Waals surface area contributed by atoms with Gasteiger partial charge in [-0.15, -0.1) is 0 Å². The predicted molar refractivity (Wildman–Crippen MR) is 134 cm³/mol. The molecule has 0 radical (unpaired) electrons. The molecule has 1 aliphatic heterocycles. The lowest BCUT2D eigenvalue weighted by Gasteiger charge is -2.47. The van der Waals surface area contributed by atoms with E-state index in [1.165, 1.54) is 84.0 Å². The summed E-state index contributed by atoms with van der Waals surface area (Å²) in [6.45, 7) is 27.2. The van der Waals surface area contributed by atoms with Crippen molar-refractivity contribution >= 4 is 0 Å². The molecule has 0 bridgehead atoms. The van der Waals surface area contributed by atoms with Crippen molar-refractivity contribution in [1.82, 2.24) is 9.80 Å². The number of hydrogen-bond donors (Lipinski definition) is 0. The average Bonchev–Trinajstić information content (AvgIpc) is 2.66. The summed E-state index contributed by atoms with van der Waals surface area (Å²) in [5, 5.41) is 0. The number of nitrogens with zero attached hydrogens (tertiary/aromatic N) is 2. The Morgan fingerprint density at radius 2 is 1.50 bits per heavy atom. The molecule has 0 aromatic carbocycles. The summed E-state index contributed by atoms with van der Waals surface area (Å²) in [7, 11) is 0. The first-order valence-corrected chi connectivity index (χ1v) is 13.4. The molecule has 0 aromatic heterocycles. The van der Waals surface area contributed by atoms with Gasteiger partial charge in [0.05, 0.1) is 0 Å². The molecule has 2 nitrogen and oxygen atoms in total. The molecule has 1 saturated carbocycles. The van der Waals surface area contributed by atoms with Crippen LogP contribution in [0.1, 0.15) is 120 Å². The summed E-state index contributed by atoms with van der Waals surface area (Å²) >= 11 is 0. The summed E-state index contributed by atoms with van der Waals surface area (Å²) in [6, 6.07) is 0.667. The second-order valence-corrected chi connectivity index (χ2v) is 13.2. The van der Waals surface area contributed by atoms with E-state index in [0.29, 0.717) is 22.4 Å². The molecule has 2 aliphatic rings. The van der Waals surface area contributed by atoms with Gasteiger partial charge >= 0.3 is 0 Å². The topological polar surface area (TPSA) is 6.48 Å². The third kappa shape index (κ3) is 7.22. The fraction of sp³-hybridized carbons (Fsp3) is 1.00. The van der Waals surface area contributed by atoms with Gasteiger partial charge in [0.2, 0.25) is 0 Å². The molecule has 30 heavy (non-hydrogen) atoms. The van der Waals surface area contributed by atoms with Gasteiger partial charge in [-0.1, -0.05) is 60.3 Å². The molecule has 0 amide bonds. The van der Waals surface area contributed by atoms with Crippen molar-refractivity contribution in [1.29, 1.82) is 0 Å². The SMILES string of the molecule is CCC(CCC(C)(C)C1CCCCC1)C(C)(C)CCN1CCN(C(C)(C)C)C(C)C1. The molecule has 0 spiro atoms. The first-order valence-electron chi connectivity index (χ1n) is 13.4. The Hall–Kier alpha value is -0.0800. The summed E-state index contributed by atoms with van der Waals surface area (Å²) in [4.78, 5) is 5.43. The minimum absolute atomic E-state index is 0.295. The predicted octanol–water partition coefficient (Wildman–Crippen LogP) is 7.62. The molecule has 1 aliphatic carbocycles. The molecule has 178 valence electrons. The van der Waals surface area contributed by atoms with Crippen LogP contribution in [0.2, 0.25) is 0 Å². The highest BCUT2D eigenvalue weighted by Gasteiger charge is 2.35. The van der Waals surface area contributed by atoms with Crippen molar-refractivity contribution in [2.75, 3.05) is 26.2 Å². The number of hydrogen-bond acceptors (Lipinski definition) is 2. The van der Waals surface area contributed by atoms with E-state index in [1.54, 1.807) is 0 Å². The lowest BCUT2D eigenvalue weighted by atomic mass is 9.65. The van der Waals surface area contributed by atoms with Gasteiger partial charge in [0.15, 0.2) is 0 Å². The van der Waals surface area contributed by atoms with E-state index < -0.39 is 0 Å². The quantitative estimate of drug-likeness (QED) is 0.378. The minimum atomic E-state index is 0.295. The summed E-state index contributed by atoms with van der Waals surface area (Å²) in [5.41, 5.74) is 1.27. The molecule has 2 unspecified atom stereocenters. The molecular formula is C28H56N2. The van der Waals surface area contributed by atoms with Gasteiger partial charge in [-0.3, -0.25) is 4.90 Å². The minimum Gasteiger partial charge on any atom is -0.301 e. The fourth-order valence-electron chi connectivity index (χ4n) is 6.66. The van der Waals surface area contributed by atoms with Gasteiger partial charge in [-0.25, -0.2) is 0 Å². The van der Waals surface area contributed by atoms with Crippen LogP contribution in [0.15, 0.2) is 0 Å². The Balaban J connectivity index is 1.84. The molecule has 2 fully saturated rings. The Bertz CT molecular complexity index is 495. The van der Waals surface area contributed by atoms with Crippen molar-refractivity contribution in [3.63, 3.8) is 0 Å². The molecule has 2 heteroatoms. The highest BCUT2D eigenvalue weighted by Crippen LogP contribution is 2.45. The monoisotopic (exact) mass is 420 g/mol. The Kier molecular flexibility index (Phi) is 9.33. The van der Waals surface area contributed by atoms with Crippen LogP contribution in [0.5, 0.6) is 0 Å². The van der Waals surface area contributed by atoms with Crippen molar-refractivity contribution in [2.24, 2.45) is 22.7 Å². The summed E-state index contributed by atoms with van der Waals surface area (Å²) in [6.07, 6.45) is 12.9. The van der Waals surface area contributed by atoms with Crippen molar-refractivity contribution in [3.05, 3.63) is 0 Å². The van der Waals surface area contributed by atoms with Gasteiger partial charge < -0.3 is 4.90 Å². The standard InChI is InChI=1S/C28H56N2/c1-10-24(16-17-27(6,7)25-14-12-11-13-15-25)28(8,9)18-19-29-20-21-30(23(2)22-29)26(3,4)5/h23-25H,10-22H2,1-9H3. The van der Waals surface area contributed by atoms with E-state index in [2.05, 4.69) is 72.1 Å². The summed E-state index contributed by atoms with van der Waals surface area (Å²) in [5.74, 6) is 1.82. The lowest BCUT2D eigenvalue weighted by Crippen LogP contribution is -2.58. The van der Waals surface area contributed by atoms with E-state index in [9.17, 15) is 0 Å². The Morgan fingerprint density at radius 3 is 2.03 bits per heavy atom. The second kappa shape index (κ2) is 10.7. The van der Waals surface area contributed by atoms with Crippen LogP contribution < -0.4 is 0 Å².